The second-order valence-electron chi connectivity index (χ2n) is 4.66. The lowest BCUT2D eigenvalue weighted by atomic mass is 10.1. The summed E-state index contributed by atoms with van der Waals surface area (Å²) in [7, 11) is 0. The highest BCUT2D eigenvalue weighted by molar-refractivity contribution is 4.94. The fraction of sp³-hybridized carbons (Fsp3) is 0.833. The van der Waals surface area contributed by atoms with Gasteiger partial charge in [0, 0.05) is 12.1 Å². The lowest BCUT2D eigenvalue weighted by molar-refractivity contribution is 0.448. The van der Waals surface area contributed by atoms with E-state index >= 15 is 0 Å². The minimum atomic E-state index is 0.620. The van der Waals surface area contributed by atoms with Crippen molar-refractivity contribution < 1.29 is 0 Å². The molecule has 1 saturated carbocycles. The van der Waals surface area contributed by atoms with E-state index in [9.17, 15) is 0 Å². The Bertz CT molecular complexity index is 317. The summed E-state index contributed by atoms with van der Waals surface area (Å²) in [6, 6.07) is 1.30. The summed E-state index contributed by atoms with van der Waals surface area (Å²) in [6.07, 6.45) is 8.12. The van der Waals surface area contributed by atoms with Crippen molar-refractivity contribution in [3.8, 4) is 0 Å². The Balaban J connectivity index is 1.85. The van der Waals surface area contributed by atoms with Crippen LogP contribution >= 0.6 is 0 Å². The third kappa shape index (κ3) is 2.82. The number of nitrogens with one attached hydrogen (secondary N) is 1. The van der Waals surface area contributed by atoms with E-state index in [0.29, 0.717) is 12.1 Å². The van der Waals surface area contributed by atoms with Crippen molar-refractivity contribution in [1.29, 1.82) is 0 Å². The Morgan fingerprint density at radius 2 is 2.31 bits per heavy atom. The van der Waals surface area contributed by atoms with Gasteiger partial charge in [-0.3, -0.25) is 0 Å². The molecule has 4 heteroatoms. The molecule has 0 amide bonds. The molecule has 0 aromatic carbocycles. The summed E-state index contributed by atoms with van der Waals surface area (Å²) < 4.78 is 2.23. The van der Waals surface area contributed by atoms with Gasteiger partial charge in [0.2, 0.25) is 0 Å². The fourth-order valence-electron chi connectivity index (χ4n) is 2.09. The molecule has 1 N–H and O–H groups in total. The standard InChI is InChI=1S/C12H22N4/c1-3-5-10(4-2)13-8-12-15-14-9-16(12)11-6-7-11/h9-11,13H,3-8H2,1-2H3. The molecule has 1 heterocycles. The molecule has 4 nitrogen and oxygen atoms in total. The Morgan fingerprint density at radius 3 is 2.94 bits per heavy atom. The predicted molar refractivity (Wildman–Crippen MR) is 64.1 cm³/mol. The molecule has 1 unspecified atom stereocenters. The van der Waals surface area contributed by atoms with Crippen LogP contribution in [0.5, 0.6) is 0 Å². The molecular formula is C12H22N4. The van der Waals surface area contributed by atoms with E-state index in [1.54, 1.807) is 0 Å². The van der Waals surface area contributed by atoms with Gasteiger partial charge in [0.15, 0.2) is 0 Å². The number of aromatic nitrogens is 3. The molecule has 0 bridgehead atoms. The van der Waals surface area contributed by atoms with Crippen LogP contribution in [0.3, 0.4) is 0 Å². The molecule has 0 aliphatic heterocycles. The van der Waals surface area contributed by atoms with Crippen molar-refractivity contribution in [3.05, 3.63) is 12.2 Å². The van der Waals surface area contributed by atoms with Crippen LogP contribution < -0.4 is 5.32 Å². The van der Waals surface area contributed by atoms with E-state index in [1.807, 2.05) is 6.33 Å². The van der Waals surface area contributed by atoms with Crippen molar-refractivity contribution in [2.24, 2.45) is 0 Å². The van der Waals surface area contributed by atoms with Gasteiger partial charge in [-0.2, -0.15) is 0 Å². The van der Waals surface area contributed by atoms with Gasteiger partial charge in [0.1, 0.15) is 12.2 Å². The smallest absolute Gasteiger partial charge is 0.147 e. The predicted octanol–water partition coefficient (Wildman–Crippen LogP) is 2.28. The van der Waals surface area contributed by atoms with Crippen LogP contribution in [0.2, 0.25) is 0 Å². The Morgan fingerprint density at radius 1 is 1.50 bits per heavy atom. The Kier molecular flexibility index (Phi) is 3.93. The van der Waals surface area contributed by atoms with Gasteiger partial charge in [-0.1, -0.05) is 20.3 Å². The molecule has 1 atom stereocenters. The van der Waals surface area contributed by atoms with Crippen LogP contribution in [0.4, 0.5) is 0 Å². The molecule has 0 saturated heterocycles. The zero-order valence-electron chi connectivity index (χ0n) is 10.3. The van der Waals surface area contributed by atoms with E-state index in [1.165, 1.54) is 32.1 Å². The molecule has 1 aliphatic carbocycles. The monoisotopic (exact) mass is 222 g/mol. The molecule has 1 aliphatic rings. The lowest BCUT2D eigenvalue weighted by Crippen LogP contribution is -2.29. The van der Waals surface area contributed by atoms with Crippen LogP contribution in [0.25, 0.3) is 0 Å². The second kappa shape index (κ2) is 5.43. The van der Waals surface area contributed by atoms with Crippen molar-refractivity contribution in [1.82, 2.24) is 20.1 Å². The van der Waals surface area contributed by atoms with Gasteiger partial charge in [-0.15, -0.1) is 10.2 Å². The van der Waals surface area contributed by atoms with Crippen molar-refractivity contribution in [2.75, 3.05) is 0 Å². The summed E-state index contributed by atoms with van der Waals surface area (Å²) in [5, 5.41) is 11.8. The Labute approximate surface area is 97.5 Å². The van der Waals surface area contributed by atoms with Gasteiger partial charge in [-0.05, 0) is 25.7 Å². The Hall–Kier alpha value is -0.900. The molecule has 16 heavy (non-hydrogen) atoms. The third-order valence-electron chi connectivity index (χ3n) is 3.27. The molecular weight excluding hydrogens is 200 g/mol. The molecule has 1 aromatic heterocycles. The zero-order chi connectivity index (χ0) is 11.4. The van der Waals surface area contributed by atoms with Gasteiger partial charge < -0.3 is 9.88 Å². The molecule has 1 aromatic rings. The van der Waals surface area contributed by atoms with Crippen molar-refractivity contribution >= 4 is 0 Å². The zero-order valence-corrected chi connectivity index (χ0v) is 10.3. The minimum absolute atomic E-state index is 0.620. The normalized spacial score (nSPS) is 17.6. The van der Waals surface area contributed by atoms with Gasteiger partial charge in [0.25, 0.3) is 0 Å². The fourth-order valence-corrected chi connectivity index (χ4v) is 2.09. The third-order valence-corrected chi connectivity index (χ3v) is 3.27. The number of hydrogen-bond donors (Lipinski definition) is 1. The van der Waals surface area contributed by atoms with E-state index in [-0.39, 0.29) is 0 Å². The largest absolute Gasteiger partial charge is 0.313 e. The first-order valence-electron chi connectivity index (χ1n) is 6.46. The number of rotatable bonds is 7. The summed E-state index contributed by atoms with van der Waals surface area (Å²) in [5.74, 6) is 1.09. The van der Waals surface area contributed by atoms with E-state index in [2.05, 4.69) is 33.9 Å². The van der Waals surface area contributed by atoms with Gasteiger partial charge in [-0.25, -0.2) is 0 Å². The molecule has 90 valence electrons. The molecule has 1 fully saturated rings. The number of hydrogen-bond acceptors (Lipinski definition) is 3. The molecule has 0 radical (unpaired) electrons. The van der Waals surface area contributed by atoms with Gasteiger partial charge in [0.05, 0.1) is 6.54 Å². The van der Waals surface area contributed by atoms with Crippen molar-refractivity contribution in [3.63, 3.8) is 0 Å². The van der Waals surface area contributed by atoms with Crippen LogP contribution in [0.1, 0.15) is 57.8 Å². The SMILES string of the molecule is CCCC(CC)NCc1nncn1C1CC1. The summed E-state index contributed by atoms with van der Waals surface area (Å²) in [5.41, 5.74) is 0. The van der Waals surface area contributed by atoms with Crippen LogP contribution in [-0.4, -0.2) is 20.8 Å². The molecule has 0 spiro atoms. The summed E-state index contributed by atoms with van der Waals surface area (Å²) in [4.78, 5) is 0. The first-order chi connectivity index (χ1) is 7.85. The average molecular weight is 222 g/mol. The van der Waals surface area contributed by atoms with Crippen LogP contribution in [0, 0.1) is 0 Å². The van der Waals surface area contributed by atoms with Crippen LogP contribution in [0.15, 0.2) is 6.33 Å². The average Bonchev–Trinajstić information content (AvgIpc) is 3.04. The maximum Gasteiger partial charge on any atom is 0.147 e. The maximum absolute atomic E-state index is 4.19. The lowest BCUT2D eigenvalue weighted by Gasteiger charge is -2.15. The van der Waals surface area contributed by atoms with E-state index in [4.69, 9.17) is 0 Å². The maximum atomic E-state index is 4.19. The highest BCUT2D eigenvalue weighted by Gasteiger charge is 2.25. The van der Waals surface area contributed by atoms with Gasteiger partial charge >= 0.3 is 0 Å². The highest BCUT2D eigenvalue weighted by Crippen LogP contribution is 2.35. The van der Waals surface area contributed by atoms with Crippen molar-refractivity contribution in [2.45, 2.75) is 64.6 Å². The van der Waals surface area contributed by atoms with E-state index in [0.717, 1.165) is 12.4 Å². The minimum Gasteiger partial charge on any atom is -0.313 e. The second-order valence-corrected chi connectivity index (χ2v) is 4.66. The topological polar surface area (TPSA) is 42.7 Å². The quantitative estimate of drug-likeness (QED) is 0.769. The summed E-state index contributed by atoms with van der Waals surface area (Å²) in [6.45, 7) is 5.32. The molecule has 2 rings (SSSR count). The number of nitrogens with zero attached hydrogens (tertiary/aromatic N) is 3. The first-order valence-corrected chi connectivity index (χ1v) is 6.46. The first kappa shape index (κ1) is 11.6. The highest BCUT2D eigenvalue weighted by atomic mass is 15.3. The summed E-state index contributed by atoms with van der Waals surface area (Å²) >= 11 is 0. The van der Waals surface area contributed by atoms with Crippen LogP contribution in [-0.2, 0) is 6.54 Å². The van der Waals surface area contributed by atoms with E-state index < -0.39 is 0 Å².